The molecule has 0 fully saturated rings. The molecular weight excluding hydrogens is 742 g/mol. The molecule has 1 heterocycles. The zero-order valence-corrected chi connectivity index (χ0v) is 29.4. The quantitative estimate of drug-likeness (QED) is 0.0877. The van der Waals surface area contributed by atoms with Crippen molar-refractivity contribution in [3.8, 4) is 0 Å². The molecule has 1 aromatic heterocycles. The van der Waals surface area contributed by atoms with E-state index in [0.717, 1.165) is 22.5 Å². The SMILES string of the molecule is C[C@H](NC(=O)CCOCCOCCOCCOCCNC(=O)c1ccc2nc(CBr)c(CBr)nc2c1)C(=O)Nc1ccc(CO)cc1. The summed E-state index contributed by atoms with van der Waals surface area (Å²) in [7, 11) is 0. The molecule has 3 aromatic rings. The van der Waals surface area contributed by atoms with Crippen LogP contribution in [-0.2, 0) is 45.8 Å². The fraction of sp³-hybridized carbons (Fsp3) is 0.469. The number of nitrogens with zero attached hydrogens (tertiary/aromatic N) is 2. The Kier molecular flexibility index (Phi) is 17.8. The second kappa shape index (κ2) is 21.8. The van der Waals surface area contributed by atoms with Gasteiger partial charge in [0.25, 0.3) is 5.91 Å². The Bertz CT molecular complexity index is 1430. The number of aliphatic hydroxyl groups is 1. The first-order valence-corrected chi connectivity index (χ1v) is 17.4. The Morgan fingerprint density at radius 2 is 1.36 bits per heavy atom. The van der Waals surface area contributed by atoms with Gasteiger partial charge in [-0.15, -0.1) is 0 Å². The zero-order valence-electron chi connectivity index (χ0n) is 26.3. The first kappa shape index (κ1) is 38.4. The Morgan fingerprint density at radius 3 is 1.96 bits per heavy atom. The molecule has 0 bridgehead atoms. The van der Waals surface area contributed by atoms with Crippen LogP contribution in [0.15, 0.2) is 42.5 Å². The lowest BCUT2D eigenvalue weighted by Gasteiger charge is -2.14. The summed E-state index contributed by atoms with van der Waals surface area (Å²) in [6, 6.07) is 11.3. The maximum Gasteiger partial charge on any atom is 0.251 e. The van der Waals surface area contributed by atoms with Gasteiger partial charge in [-0.1, -0.05) is 44.0 Å². The molecule has 0 aliphatic rings. The Labute approximate surface area is 290 Å². The van der Waals surface area contributed by atoms with Gasteiger partial charge in [0.1, 0.15) is 6.04 Å². The average Bonchev–Trinajstić information content (AvgIpc) is 3.09. The minimum atomic E-state index is -0.715. The van der Waals surface area contributed by atoms with Crippen molar-refractivity contribution in [1.29, 1.82) is 0 Å². The van der Waals surface area contributed by atoms with Gasteiger partial charge in [-0.25, -0.2) is 9.97 Å². The van der Waals surface area contributed by atoms with Gasteiger partial charge < -0.3 is 40.0 Å². The fourth-order valence-corrected chi connectivity index (χ4v) is 4.97. The minimum absolute atomic E-state index is 0.0741. The molecule has 3 amide bonds. The molecule has 0 spiro atoms. The van der Waals surface area contributed by atoms with Crippen molar-refractivity contribution in [3.05, 3.63) is 65.0 Å². The van der Waals surface area contributed by atoms with Crippen LogP contribution in [0.25, 0.3) is 11.0 Å². The van der Waals surface area contributed by atoms with Gasteiger partial charge in [0.05, 0.1) is 81.9 Å². The lowest BCUT2D eigenvalue weighted by molar-refractivity contribution is -0.127. The third-order valence-electron chi connectivity index (χ3n) is 6.63. The van der Waals surface area contributed by atoms with Crippen LogP contribution in [0.4, 0.5) is 5.69 Å². The average molecular weight is 784 g/mol. The maximum atomic E-state index is 12.5. The summed E-state index contributed by atoms with van der Waals surface area (Å²) in [6.07, 6.45) is 0.116. The molecule has 256 valence electrons. The molecule has 2 aromatic carbocycles. The molecule has 4 N–H and O–H groups in total. The Morgan fingerprint density at radius 1 is 0.787 bits per heavy atom. The van der Waals surface area contributed by atoms with Gasteiger partial charge in [-0.2, -0.15) is 0 Å². The number of amides is 3. The lowest BCUT2D eigenvalue weighted by atomic mass is 10.1. The lowest BCUT2D eigenvalue weighted by Crippen LogP contribution is -2.41. The summed E-state index contributed by atoms with van der Waals surface area (Å²) < 4.78 is 21.9. The van der Waals surface area contributed by atoms with Crippen molar-refractivity contribution in [2.45, 2.75) is 36.7 Å². The summed E-state index contributed by atoms with van der Waals surface area (Å²) >= 11 is 6.86. The summed E-state index contributed by atoms with van der Waals surface area (Å²) in [6.45, 7) is 4.68. The van der Waals surface area contributed by atoms with Gasteiger partial charge in [0, 0.05) is 34.9 Å². The van der Waals surface area contributed by atoms with Crippen LogP contribution in [0.1, 0.15) is 40.7 Å². The van der Waals surface area contributed by atoms with Crippen LogP contribution in [0.3, 0.4) is 0 Å². The summed E-state index contributed by atoms with van der Waals surface area (Å²) in [5.74, 6) is -0.847. The number of aliphatic hydroxyl groups excluding tert-OH is 1. The fourth-order valence-electron chi connectivity index (χ4n) is 4.07. The molecule has 0 aliphatic carbocycles. The zero-order chi connectivity index (χ0) is 33.9. The van der Waals surface area contributed by atoms with E-state index in [0.29, 0.717) is 80.2 Å². The topological polar surface area (TPSA) is 170 Å². The highest BCUT2D eigenvalue weighted by Crippen LogP contribution is 2.19. The van der Waals surface area contributed by atoms with E-state index in [9.17, 15) is 14.4 Å². The third kappa shape index (κ3) is 13.9. The van der Waals surface area contributed by atoms with E-state index in [-0.39, 0.29) is 37.4 Å². The normalized spacial score (nSPS) is 11.7. The van der Waals surface area contributed by atoms with Crippen molar-refractivity contribution in [1.82, 2.24) is 20.6 Å². The number of ether oxygens (including phenoxy) is 4. The van der Waals surface area contributed by atoms with E-state index in [1.807, 2.05) is 0 Å². The number of halogens is 2. The van der Waals surface area contributed by atoms with Crippen LogP contribution >= 0.6 is 31.9 Å². The predicted octanol–water partition coefficient (Wildman–Crippen LogP) is 3.24. The van der Waals surface area contributed by atoms with Crippen molar-refractivity contribution in [3.63, 3.8) is 0 Å². The van der Waals surface area contributed by atoms with Gasteiger partial charge in [-0.3, -0.25) is 14.4 Å². The Balaban J connectivity index is 1.12. The largest absolute Gasteiger partial charge is 0.392 e. The van der Waals surface area contributed by atoms with E-state index in [4.69, 9.17) is 24.1 Å². The van der Waals surface area contributed by atoms with E-state index >= 15 is 0 Å². The molecular formula is C32H41Br2N5O8. The minimum Gasteiger partial charge on any atom is -0.392 e. The number of alkyl halides is 2. The Hall–Kier alpha value is -3.05. The number of benzene rings is 2. The summed E-state index contributed by atoms with van der Waals surface area (Å²) in [4.78, 5) is 46.1. The van der Waals surface area contributed by atoms with Crippen molar-refractivity contribution in [2.75, 3.05) is 64.7 Å². The number of carbonyl (C=O) groups is 3. The van der Waals surface area contributed by atoms with E-state index in [1.165, 1.54) is 0 Å². The first-order chi connectivity index (χ1) is 22.8. The number of aromatic nitrogens is 2. The molecule has 0 aliphatic heterocycles. The van der Waals surface area contributed by atoms with Crippen LogP contribution in [0, 0.1) is 0 Å². The maximum absolute atomic E-state index is 12.5. The van der Waals surface area contributed by atoms with Crippen LogP contribution < -0.4 is 16.0 Å². The highest BCUT2D eigenvalue weighted by Gasteiger charge is 2.16. The summed E-state index contributed by atoms with van der Waals surface area (Å²) in [5.41, 5.74) is 4.92. The smallest absolute Gasteiger partial charge is 0.251 e. The molecule has 0 saturated heterocycles. The standard InChI is InChI=1S/C32H41Br2N5O8/c1-22(31(42)37-25-5-2-23(21-40)3-6-25)36-30(41)8-10-44-12-14-46-16-17-47-15-13-45-11-9-35-32(43)24-4-7-26-27(18-24)39-29(20-34)28(19-33)38-26/h2-7,18,22,40H,8-17,19-21H2,1H3,(H,35,43)(H,36,41)(H,37,42)/t22-/m0/s1. The first-order valence-electron chi connectivity index (χ1n) is 15.1. The van der Waals surface area contributed by atoms with Crippen LogP contribution in [0.5, 0.6) is 0 Å². The van der Waals surface area contributed by atoms with Gasteiger partial charge in [0.2, 0.25) is 11.8 Å². The molecule has 0 saturated carbocycles. The second-order valence-corrected chi connectivity index (χ2v) is 11.3. The molecule has 47 heavy (non-hydrogen) atoms. The van der Waals surface area contributed by atoms with Gasteiger partial charge in [-0.05, 0) is 42.8 Å². The highest BCUT2D eigenvalue weighted by atomic mass is 79.9. The van der Waals surface area contributed by atoms with Crippen molar-refractivity contribution < 1.29 is 38.4 Å². The monoisotopic (exact) mass is 781 g/mol. The van der Waals surface area contributed by atoms with E-state index in [1.54, 1.807) is 49.4 Å². The summed E-state index contributed by atoms with van der Waals surface area (Å²) in [5, 5.41) is 18.5. The van der Waals surface area contributed by atoms with Crippen molar-refractivity contribution >= 4 is 66.3 Å². The van der Waals surface area contributed by atoms with Crippen molar-refractivity contribution in [2.24, 2.45) is 0 Å². The number of hydrogen-bond donors (Lipinski definition) is 4. The van der Waals surface area contributed by atoms with Gasteiger partial charge in [0.15, 0.2) is 0 Å². The number of rotatable bonds is 22. The number of hydrogen-bond acceptors (Lipinski definition) is 10. The second-order valence-electron chi connectivity index (χ2n) is 10.2. The highest BCUT2D eigenvalue weighted by molar-refractivity contribution is 9.09. The number of nitrogens with one attached hydrogen (secondary N) is 3. The van der Waals surface area contributed by atoms with Crippen LogP contribution in [-0.4, -0.2) is 98.2 Å². The number of carbonyl (C=O) groups excluding carboxylic acids is 3. The molecule has 0 unspecified atom stereocenters. The predicted molar refractivity (Wildman–Crippen MR) is 184 cm³/mol. The van der Waals surface area contributed by atoms with Gasteiger partial charge >= 0.3 is 0 Å². The third-order valence-corrected chi connectivity index (χ3v) is 7.69. The number of fused-ring (bicyclic) bond motifs is 1. The molecule has 0 radical (unpaired) electrons. The number of anilines is 1. The van der Waals surface area contributed by atoms with Crippen LogP contribution in [0.2, 0.25) is 0 Å². The molecule has 3 rings (SSSR count). The molecule has 1 atom stereocenters. The van der Waals surface area contributed by atoms with E-state index in [2.05, 4.69) is 57.8 Å². The molecule has 13 nitrogen and oxygen atoms in total. The molecule has 15 heteroatoms. The van der Waals surface area contributed by atoms with E-state index < -0.39 is 6.04 Å².